The number of nitrogens with zero attached hydrogens (tertiary/aromatic N) is 2. The summed E-state index contributed by atoms with van der Waals surface area (Å²) < 4.78 is 0. The van der Waals surface area contributed by atoms with Crippen LogP contribution in [0, 0.1) is 5.92 Å². The molecule has 0 N–H and O–H groups in total. The van der Waals surface area contributed by atoms with Crippen molar-refractivity contribution in [2.45, 2.75) is 79.1 Å². The number of carbonyl (C=O) groups is 1. The highest BCUT2D eigenvalue weighted by molar-refractivity contribution is 6.08. The van der Waals surface area contributed by atoms with Crippen LogP contribution in [0.3, 0.4) is 0 Å². The van der Waals surface area contributed by atoms with Crippen molar-refractivity contribution in [3.05, 3.63) is 160 Å². The van der Waals surface area contributed by atoms with E-state index in [2.05, 4.69) is 122 Å². The second-order valence-electron chi connectivity index (χ2n) is 13.4. The first-order valence-corrected chi connectivity index (χ1v) is 18.4. The standard InChI is InChI=1S/C46H54N2O/c1-7-11-12-18-37-23-25-41(33-36(37)10-4)38-19-15-20-39(24-22-38)42-21-13-14-30-48-35(6)46(45(49)17-9-3)43(26-27-44(42)48)40-28-31-47(32-29-40)34(5)16-8-2/h9,12,14-15,17-18,20-27,33,40H,5-8,10-11,16,19,28-32H2,1-4H3/b17-9-,18-12?. The van der Waals surface area contributed by atoms with E-state index in [1.54, 1.807) is 6.08 Å². The van der Waals surface area contributed by atoms with E-state index >= 15 is 0 Å². The Morgan fingerprint density at radius 3 is 2.61 bits per heavy atom. The van der Waals surface area contributed by atoms with E-state index in [-0.39, 0.29) is 11.7 Å². The Labute approximate surface area is 295 Å². The molecule has 1 fully saturated rings. The molecule has 1 saturated heterocycles. The van der Waals surface area contributed by atoms with Crippen LogP contribution in [-0.4, -0.2) is 35.2 Å². The number of likely N-dealkylation sites (tertiary alicyclic amines) is 1. The molecule has 49 heavy (non-hydrogen) atoms. The second kappa shape index (κ2) is 17.2. The summed E-state index contributed by atoms with van der Waals surface area (Å²) in [5.41, 5.74) is 15.8. The first-order chi connectivity index (χ1) is 23.9. The van der Waals surface area contributed by atoms with Crippen LogP contribution in [0.4, 0.5) is 0 Å². The van der Waals surface area contributed by atoms with Gasteiger partial charge in [0.05, 0.1) is 0 Å². The summed E-state index contributed by atoms with van der Waals surface area (Å²) in [5.74, 6) is 0.305. The van der Waals surface area contributed by atoms with Gasteiger partial charge >= 0.3 is 0 Å². The number of piperidine rings is 1. The molecular weight excluding hydrogens is 597 g/mol. The average molecular weight is 651 g/mol. The third-order valence-corrected chi connectivity index (χ3v) is 10.1. The minimum atomic E-state index is 0.0217. The summed E-state index contributed by atoms with van der Waals surface area (Å²) in [5, 5.41) is 0. The summed E-state index contributed by atoms with van der Waals surface area (Å²) in [4.78, 5) is 18.4. The van der Waals surface area contributed by atoms with Gasteiger partial charge in [-0.1, -0.05) is 114 Å². The second-order valence-corrected chi connectivity index (χ2v) is 13.4. The first-order valence-electron chi connectivity index (χ1n) is 18.4. The van der Waals surface area contributed by atoms with Crippen LogP contribution in [0.5, 0.6) is 0 Å². The molecule has 1 aromatic carbocycles. The van der Waals surface area contributed by atoms with Crippen molar-refractivity contribution in [1.82, 2.24) is 9.80 Å². The Balaban J connectivity index is 1.51. The Bertz CT molecular complexity index is 1760. The number of rotatable bonds is 12. The summed E-state index contributed by atoms with van der Waals surface area (Å²) in [6.07, 6.45) is 33.9. The molecule has 0 radical (unpaired) electrons. The van der Waals surface area contributed by atoms with Gasteiger partial charge in [0.15, 0.2) is 5.78 Å². The molecule has 3 nitrogen and oxygen atoms in total. The lowest BCUT2D eigenvalue weighted by Crippen LogP contribution is -2.34. The molecule has 0 atom stereocenters. The van der Waals surface area contributed by atoms with E-state index in [0.29, 0.717) is 6.54 Å². The maximum atomic E-state index is 13.8. The Hall–Kier alpha value is -4.59. The van der Waals surface area contributed by atoms with E-state index in [0.717, 1.165) is 98.1 Å². The molecule has 0 saturated carbocycles. The number of ketones is 1. The summed E-state index contributed by atoms with van der Waals surface area (Å²) in [7, 11) is 0. The quantitative estimate of drug-likeness (QED) is 0.166. The number of allylic oxidation sites excluding steroid dienone is 15. The van der Waals surface area contributed by atoms with Gasteiger partial charge < -0.3 is 9.80 Å². The number of hydrogen-bond acceptors (Lipinski definition) is 3. The van der Waals surface area contributed by atoms with E-state index in [9.17, 15) is 4.79 Å². The summed E-state index contributed by atoms with van der Waals surface area (Å²) in [6, 6.07) is 6.90. The third kappa shape index (κ3) is 8.35. The Morgan fingerprint density at radius 1 is 1.06 bits per heavy atom. The molecule has 254 valence electrons. The molecule has 0 bridgehead atoms. The van der Waals surface area contributed by atoms with Crippen molar-refractivity contribution >= 4 is 17.4 Å². The summed E-state index contributed by atoms with van der Waals surface area (Å²) in [6.45, 7) is 20.0. The molecule has 0 spiro atoms. The maximum absolute atomic E-state index is 13.8. The maximum Gasteiger partial charge on any atom is 0.187 e. The van der Waals surface area contributed by atoms with Gasteiger partial charge in [-0.15, -0.1) is 5.73 Å². The monoisotopic (exact) mass is 650 g/mol. The van der Waals surface area contributed by atoms with E-state index in [4.69, 9.17) is 0 Å². The lowest BCUT2D eigenvalue weighted by atomic mass is 9.84. The highest BCUT2D eigenvalue weighted by Crippen LogP contribution is 2.39. The van der Waals surface area contributed by atoms with Crippen LogP contribution in [0.25, 0.3) is 11.6 Å². The largest absolute Gasteiger partial charge is 0.375 e. The fourth-order valence-corrected chi connectivity index (χ4v) is 7.31. The van der Waals surface area contributed by atoms with E-state index < -0.39 is 0 Å². The Morgan fingerprint density at radius 2 is 1.88 bits per heavy atom. The van der Waals surface area contributed by atoms with E-state index in [1.807, 2.05) is 19.1 Å². The third-order valence-electron chi connectivity index (χ3n) is 10.1. The Kier molecular flexibility index (Phi) is 12.5. The van der Waals surface area contributed by atoms with Gasteiger partial charge in [-0.05, 0) is 109 Å². The van der Waals surface area contributed by atoms with Crippen molar-refractivity contribution < 1.29 is 4.79 Å². The van der Waals surface area contributed by atoms with Gasteiger partial charge in [0.2, 0.25) is 0 Å². The molecule has 3 heterocycles. The lowest BCUT2D eigenvalue weighted by Gasteiger charge is -2.36. The fourth-order valence-electron chi connectivity index (χ4n) is 7.31. The highest BCUT2D eigenvalue weighted by Gasteiger charge is 2.31. The van der Waals surface area contributed by atoms with Gasteiger partial charge in [0.25, 0.3) is 0 Å². The van der Waals surface area contributed by atoms with Crippen molar-refractivity contribution in [2.24, 2.45) is 5.92 Å². The van der Waals surface area contributed by atoms with Crippen LogP contribution >= 0.6 is 0 Å². The number of carbonyl (C=O) groups excluding carboxylic acids is 1. The number of fused-ring (bicyclic) bond motifs is 1. The summed E-state index contributed by atoms with van der Waals surface area (Å²) >= 11 is 0. The molecule has 1 aromatic rings. The van der Waals surface area contributed by atoms with Gasteiger partial charge in [0, 0.05) is 47.9 Å². The molecule has 0 unspecified atom stereocenters. The highest BCUT2D eigenvalue weighted by atomic mass is 16.1. The zero-order valence-corrected chi connectivity index (χ0v) is 30.2. The topological polar surface area (TPSA) is 23.6 Å². The minimum absolute atomic E-state index is 0.0217. The van der Waals surface area contributed by atoms with Crippen molar-refractivity contribution in [2.75, 3.05) is 19.6 Å². The van der Waals surface area contributed by atoms with Crippen LogP contribution in [0.1, 0.15) is 89.3 Å². The number of benzene rings is 1. The normalized spacial score (nSPS) is 18.7. The zero-order valence-electron chi connectivity index (χ0n) is 30.2. The first kappa shape index (κ1) is 35.7. The SMILES string of the molecule is C=C(CCC)N1CCC(C2=C(C(=O)/C=C\C)C(=C)N3CC=C=CC(C4=CC=C(c5ccc(C=CCCC)c(CC)c5)CC=C4)=C3C=C2)CC1. The molecule has 3 aliphatic heterocycles. The van der Waals surface area contributed by atoms with Gasteiger partial charge in [-0.25, -0.2) is 0 Å². The number of unbranched alkanes of at least 4 members (excludes halogenated alkanes) is 1. The van der Waals surface area contributed by atoms with Gasteiger partial charge in [-0.2, -0.15) is 0 Å². The van der Waals surface area contributed by atoms with E-state index in [1.165, 1.54) is 28.0 Å². The van der Waals surface area contributed by atoms with Crippen LogP contribution in [0.2, 0.25) is 0 Å². The smallest absolute Gasteiger partial charge is 0.187 e. The lowest BCUT2D eigenvalue weighted by molar-refractivity contribution is -0.111. The number of aryl methyl sites for hydroxylation is 1. The molecular formula is C46H54N2O. The van der Waals surface area contributed by atoms with Crippen LogP contribution < -0.4 is 0 Å². The van der Waals surface area contributed by atoms with Crippen LogP contribution in [0.15, 0.2) is 143 Å². The molecule has 0 aromatic heterocycles. The molecule has 0 amide bonds. The van der Waals surface area contributed by atoms with Crippen molar-refractivity contribution in [3.63, 3.8) is 0 Å². The fraction of sp³-hybridized carbons (Fsp3) is 0.348. The average Bonchev–Trinajstić information content (AvgIpc) is 3.54. The number of hydrogen-bond donors (Lipinski definition) is 0. The zero-order chi connectivity index (χ0) is 34.8. The van der Waals surface area contributed by atoms with Crippen LogP contribution in [-0.2, 0) is 11.2 Å². The predicted molar refractivity (Wildman–Crippen MR) is 209 cm³/mol. The van der Waals surface area contributed by atoms with Gasteiger partial charge in [0.1, 0.15) is 0 Å². The van der Waals surface area contributed by atoms with Gasteiger partial charge in [-0.3, -0.25) is 4.79 Å². The van der Waals surface area contributed by atoms with Crippen molar-refractivity contribution in [1.29, 1.82) is 0 Å². The minimum Gasteiger partial charge on any atom is -0.375 e. The molecule has 1 aliphatic carbocycles. The van der Waals surface area contributed by atoms with Crippen molar-refractivity contribution in [3.8, 4) is 0 Å². The molecule has 3 heteroatoms. The molecule has 5 rings (SSSR count). The molecule has 4 aliphatic rings. The predicted octanol–water partition coefficient (Wildman–Crippen LogP) is 11.2.